The first-order valence-electron chi connectivity index (χ1n) is 6.67. The van der Waals surface area contributed by atoms with Gasteiger partial charge in [-0.15, -0.1) is 0 Å². The second kappa shape index (κ2) is 8.11. The maximum atomic E-state index is 5.86. The molecule has 18 heavy (non-hydrogen) atoms. The third kappa shape index (κ3) is 4.67. The molecular formula is C15H25NO2. The number of methoxy groups -OCH3 is 1. The van der Waals surface area contributed by atoms with Crippen molar-refractivity contribution in [2.45, 2.75) is 39.3 Å². The van der Waals surface area contributed by atoms with Gasteiger partial charge in [-0.1, -0.05) is 25.1 Å². The van der Waals surface area contributed by atoms with Gasteiger partial charge < -0.3 is 14.8 Å². The van der Waals surface area contributed by atoms with Crippen LogP contribution in [0.3, 0.4) is 0 Å². The molecule has 0 heterocycles. The van der Waals surface area contributed by atoms with Crippen molar-refractivity contribution in [3.63, 3.8) is 0 Å². The number of nitrogens with one attached hydrogen (secondary N) is 1. The number of rotatable bonds is 8. The van der Waals surface area contributed by atoms with Crippen LogP contribution in [0.15, 0.2) is 24.3 Å². The van der Waals surface area contributed by atoms with Crippen LogP contribution in [0.4, 0.5) is 0 Å². The van der Waals surface area contributed by atoms with E-state index in [1.807, 2.05) is 32.0 Å². The van der Waals surface area contributed by atoms with Gasteiger partial charge in [0.15, 0.2) is 0 Å². The van der Waals surface area contributed by atoms with Crippen LogP contribution in [0.25, 0.3) is 0 Å². The second-order valence-corrected chi connectivity index (χ2v) is 4.67. The number of benzene rings is 1. The number of hydrogen-bond donors (Lipinski definition) is 1. The average Bonchev–Trinajstić information content (AvgIpc) is 2.35. The smallest absolute Gasteiger partial charge is 0.124 e. The Hall–Kier alpha value is -1.06. The van der Waals surface area contributed by atoms with Crippen molar-refractivity contribution in [3.05, 3.63) is 29.8 Å². The first-order valence-corrected chi connectivity index (χ1v) is 6.67. The van der Waals surface area contributed by atoms with Crippen molar-refractivity contribution in [2.24, 2.45) is 0 Å². The highest BCUT2D eigenvalue weighted by atomic mass is 16.5. The number of para-hydroxylation sites is 1. The molecule has 1 rings (SSSR count). The zero-order valence-corrected chi connectivity index (χ0v) is 11.9. The van der Waals surface area contributed by atoms with Crippen LogP contribution in [0.5, 0.6) is 5.75 Å². The lowest BCUT2D eigenvalue weighted by Crippen LogP contribution is -2.26. The minimum absolute atomic E-state index is 0.181. The van der Waals surface area contributed by atoms with E-state index < -0.39 is 0 Å². The van der Waals surface area contributed by atoms with Crippen molar-refractivity contribution >= 4 is 0 Å². The van der Waals surface area contributed by atoms with Gasteiger partial charge in [-0.25, -0.2) is 0 Å². The van der Waals surface area contributed by atoms with Crippen LogP contribution in [0, 0.1) is 0 Å². The zero-order chi connectivity index (χ0) is 13.4. The van der Waals surface area contributed by atoms with Crippen LogP contribution in [0.2, 0.25) is 0 Å². The molecule has 0 saturated carbocycles. The molecule has 0 saturated heterocycles. The molecule has 1 atom stereocenters. The summed E-state index contributed by atoms with van der Waals surface area (Å²) in [6, 6.07) is 8.35. The van der Waals surface area contributed by atoms with Crippen LogP contribution in [-0.4, -0.2) is 26.4 Å². The Morgan fingerprint density at radius 3 is 2.56 bits per heavy atom. The van der Waals surface area contributed by atoms with E-state index in [1.165, 1.54) is 5.56 Å². The summed E-state index contributed by atoms with van der Waals surface area (Å²) in [4.78, 5) is 0. The van der Waals surface area contributed by atoms with E-state index in [9.17, 15) is 0 Å². The molecule has 3 heteroatoms. The van der Waals surface area contributed by atoms with E-state index in [0.29, 0.717) is 6.61 Å². The molecule has 0 spiro atoms. The van der Waals surface area contributed by atoms with Gasteiger partial charge in [0.1, 0.15) is 5.75 Å². The third-order valence-corrected chi connectivity index (χ3v) is 2.63. The second-order valence-electron chi connectivity index (χ2n) is 4.67. The molecule has 1 unspecified atom stereocenters. The largest absolute Gasteiger partial charge is 0.491 e. The van der Waals surface area contributed by atoms with Gasteiger partial charge in [-0.2, -0.15) is 0 Å². The number of hydrogen-bond acceptors (Lipinski definition) is 3. The van der Waals surface area contributed by atoms with Crippen molar-refractivity contribution in [1.29, 1.82) is 0 Å². The molecule has 0 radical (unpaired) electrons. The summed E-state index contributed by atoms with van der Waals surface area (Å²) in [5.41, 5.74) is 1.17. The van der Waals surface area contributed by atoms with Gasteiger partial charge in [0.2, 0.25) is 0 Å². The monoisotopic (exact) mass is 251 g/mol. The van der Waals surface area contributed by atoms with Gasteiger partial charge in [-0.05, 0) is 32.9 Å². The Morgan fingerprint density at radius 1 is 1.22 bits per heavy atom. The lowest BCUT2D eigenvalue weighted by Gasteiger charge is -2.22. The molecule has 0 amide bonds. The lowest BCUT2D eigenvalue weighted by atomic mass is 10.1. The molecule has 102 valence electrons. The molecule has 0 aromatic heterocycles. The molecule has 1 N–H and O–H groups in total. The van der Waals surface area contributed by atoms with Gasteiger partial charge in [0.25, 0.3) is 0 Å². The fourth-order valence-electron chi connectivity index (χ4n) is 1.87. The van der Waals surface area contributed by atoms with Crippen LogP contribution < -0.4 is 10.1 Å². The first kappa shape index (κ1) is 15.0. The van der Waals surface area contributed by atoms with Crippen molar-refractivity contribution in [1.82, 2.24) is 5.32 Å². The predicted octanol–water partition coefficient (Wildman–Crippen LogP) is 3.16. The Balaban J connectivity index is 2.87. The van der Waals surface area contributed by atoms with E-state index in [2.05, 4.69) is 18.3 Å². The van der Waals surface area contributed by atoms with Gasteiger partial charge in [-0.3, -0.25) is 0 Å². The van der Waals surface area contributed by atoms with E-state index in [0.717, 1.165) is 18.7 Å². The highest BCUT2D eigenvalue weighted by Gasteiger charge is 2.15. The quantitative estimate of drug-likeness (QED) is 0.770. The summed E-state index contributed by atoms with van der Waals surface area (Å²) in [5, 5.41) is 3.50. The molecule has 1 aromatic rings. The normalized spacial score (nSPS) is 12.7. The highest BCUT2D eigenvalue weighted by molar-refractivity contribution is 5.36. The zero-order valence-electron chi connectivity index (χ0n) is 11.9. The molecule has 0 aliphatic carbocycles. The van der Waals surface area contributed by atoms with E-state index in [-0.39, 0.29) is 12.1 Å². The highest BCUT2D eigenvalue weighted by Crippen LogP contribution is 2.26. The molecule has 0 fully saturated rings. The fraction of sp³-hybridized carbons (Fsp3) is 0.600. The molecular weight excluding hydrogens is 226 g/mol. The Labute approximate surface area is 110 Å². The third-order valence-electron chi connectivity index (χ3n) is 2.63. The van der Waals surface area contributed by atoms with E-state index >= 15 is 0 Å². The van der Waals surface area contributed by atoms with Crippen LogP contribution in [-0.2, 0) is 4.74 Å². The van der Waals surface area contributed by atoms with Crippen molar-refractivity contribution in [2.75, 3.05) is 20.3 Å². The van der Waals surface area contributed by atoms with Crippen molar-refractivity contribution < 1.29 is 9.47 Å². The topological polar surface area (TPSA) is 30.5 Å². The summed E-state index contributed by atoms with van der Waals surface area (Å²) in [7, 11) is 1.73. The average molecular weight is 251 g/mol. The molecule has 0 bridgehead atoms. The minimum atomic E-state index is 0.181. The van der Waals surface area contributed by atoms with Gasteiger partial charge in [0.05, 0.1) is 18.8 Å². The maximum Gasteiger partial charge on any atom is 0.124 e. The minimum Gasteiger partial charge on any atom is -0.491 e. The lowest BCUT2D eigenvalue weighted by molar-refractivity contribution is 0.163. The summed E-state index contributed by atoms with van der Waals surface area (Å²) < 4.78 is 11.2. The Kier molecular flexibility index (Phi) is 6.76. The first-order chi connectivity index (χ1) is 8.69. The standard InChI is InChI=1S/C15H25NO2/c1-5-10-16-14(11-17-4)13-8-6-7-9-15(13)18-12(2)3/h6-9,12,14,16H,5,10-11H2,1-4H3. The van der Waals surface area contributed by atoms with Crippen molar-refractivity contribution in [3.8, 4) is 5.75 Å². The van der Waals surface area contributed by atoms with Gasteiger partial charge >= 0.3 is 0 Å². The molecule has 0 aliphatic heterocycles. The van der Waals surface area contributed by atoms with E-state index in [4.69, 9.17) is 9.47 Å². The summed E-state index contributed by atoms with van der Waals surface area (Å²) in [5.74, 6) is 0.943. The number of ether oxygens (including phenoxy) is 2. The SMILES string of the molecule is CCCNC(COC)c1ccccc1OC(C)C. The van der Waals surface area contributed by atoms with Gasteiger partial charge in [0, 0.05) is 12.7 Å². The molecule has 0 aliphatic rings. The summed E-state index contributed by atoms with van der Waals surface area (Å²) in [6.07, 6.45) is 1.29. The molecule has 3 nitrogen and oxygen atoms in total. The maximum absolute atomic E-state index is 5.86. The van der Waals surface area contributed by atoms with Crippen LogP contribution >= 0.6 is 0 Å². The Morgan fingerprint density at radius 2 is 1.94 bits per heavy atom. The summed E-state index contributed by atoms with van der Waals surface area (Å²) >= 11 is 0. The molecule has 1 aromatic carbocycles. The van der Waals surface area contributed by atoms with Crippen LogP contribution in [0.1, 0.15) is 38.8 Å². The summed E-state index contributed by atoms with van der Waals surface area (Å²) in [6.45, 7) is 7.87. The Bertz CT molecular complexity index is 339. The predicted molar refractivity (Wildman–Crippen MR) is 75.1 cm³/mol. The van der Waals surface area contributed by atoms with E-state index in [1.54, 1.807) is 7.11 Å². The fourth-order valence-corrected chi connectivity index (χ4v) is 1.87.